The number of carbonyl (C=O) groups is 1. The lowest BCUT2D eigenvalue weighted by Crippen LogP contribution is -2.49. The molecule has 0 saturated carbocycles. The summed E-state index contributed by atoms with van der Waals surface area (Å²) in [7, 11) is 0. The number of nitrogens with zero attached hydrogens (tertiary/aromatic N) is 4. The monoisotopic (exact) mass is 284 g/mol. The summed E-state index contributed by atoms with van der Waals surface area (Å²) < 4.78 is 0. The summed E-state index contributed by atoms with van der Waals surface area (Å²) in [5.41, 5.74) is -0.0281. The molecule has 2 rings (SSSR count). The van der Waals surface area contributed by atoms with Gasteiger partial charge in [-0.2, -0.15) is 0 Å². The number of rotatable bonds is 3. The molecule has 0 radical (unpaired) electrons. The van der Waals surface area contributed by atoms with Crippen LogP contribution in [0.15, 0.2) is 18.3 Å². The van der Waals surface area contributed by atoms with Gasteiger partial charge in [0.05, 0.1) is 4.92 Å². The van der Waals surface area contributed by atoms with E-state index in [1.807, 2.05) is 4.90 Å². The van der Waals surface area contributed by atoms with E-state index in [9.17, 15) is 14.9 Å². The summed E-state index contributed by atoms with van der Waals surface area (Å²) in [4.78, 5) is 29.2. The van der Waals surface area contributed by atoms with Crippen molar-refractivity contribution in [3.05, 3.63) is 28.4 Å². The van der Waals surface area contributed by atoms with E-state index in [4.69, 9.17) is 11.6 Å². The van der Waals surface area contributed by atoms with Crippen molar-refractivity contribution >= 4 is 29.0 Å². The number of nitro groups is 1. The van der Waals surface area contributed by atoms with Crippen molar-refractivity contribution in [3.63, 3.8) is 0 Å². The van der Waals surface area contributed by atoms with Crippen molar-refractivity contribution in [2.75, 3.05) is 37.0 Å². The number of hydrogen-bond donors (Lipinski definition) is 0. The fourth-order valence-corrected chi connectivity index (χ4v) is 2.11. The largest absolute Gasteiger partial charge is 0.353 e. The molecule has 0 spiro atoms. The summed E-state index contributed by atoms with van der Waals surface area (Å²) in [6.07, 6.45) is 1.24. The molecule has 1 aromatic heterocycles. The summed E-state index contributed by atoms with van der Waals surface area (Å²) in [6.45, 7) is 2.47. The number of amides is 1. The number of hydrogen-bond acceptors (Lipinski definition) is 5. The average molecular weight is 285 g/mol. The fraction of sp³-hybridized carbons (Fsp3) is 0.455. The molecule has 19 heavy (non-hydrogen) atoms. The molecule has 1 amide bonds. The molecule has 0 bridgehead atoms. The van der Waals surface area contributed by atoms with Crippen molar-refractivity contribution in [3.8, 4) is 0 Å². The lowest BCUT2D eigenvalue weighted by atomic mass is 10.3. The summed E-state index contributed by atoms with van der Waals surface area (Å²) in [5, 5.41) is 10.5. The van der Waals surface area contributed by atoms with Crippen LogP contribution in [0, 0.1) is 10.1 Å². The van der Waals surface area contributed by atoms with Gasteiger partial charge >= 0.3 is 0 Å². The minimum Gasteiger partial charge on any atom is -0.353 e. The van der Waals surface area contributed by atoms with Crippen LogP contribution in [0.25, 0.3) is 0 Å². The normalized spacial score (nSPS) is 15.4. The first-order valence-electron chi connectivity index (χ1n) is 5.81. The second-order valence-electron chi connectivity index (χ2n) is 4.13. The minimum atomic E-state index is -0.478. The maximum atomic E-state index is 11.4. The Morgan fingerprint density at radius 1 is 1.37 bits per heavy atom. The highest BCUT2D eigenvalue weighted by Crippen LogP contribution is 2.17. The van der Waals surface area contributed by atoms with Gasteiger partial charge in [-0.15, -0.1) is 11.6 Å². The Morgan fingerprint density at radius 2 is 2.05 bits per heavy atom. The van der Waals surface area contributed by atoms with E-state index >= 15 is 0 Å². The van der Waals surface area contributed by atoms with Gasteiger partial charge in [0, 0.05) is 32.2 Å². The van der Waals surface area contributed by atoms with Crippen molar-refractivity contribution < 1.29 is 9.72 Å². The van der Waals surface area contributed by atoms with Gasteiger partial charge in [-0.1, -0.05) is 0 Å². The van der Waals surface area contributed by atoms with E-state index in [1.54, 1.807) is 11.0 Å². The molecule has 0 atom stereocenters. The minimum absolute atomic E-state index is 0.00418. The van der Waals surface area contributed by atoms with Crippen LogP contribution in [0.4, 0.5) is 11.5 Å². The van der Waals surface area contributed by atoms with Gasteiger partial charge in [-0.05, 0) is 6.07 Å². The summed E-state index contributed by atoms with van der Waals surface area (Å²) in [5.74, 6) is 0.608. The number of anilines is 1. The van der Waals surface area contributed by atoms with Gasteiger partial charge in [0.2, 0.25) is 5.91 Å². The van der Waals surface area contributed by atoms with Gasteiger partial charge in [0.1, 0.15) is 17.9 Å². The number of halogens is 1. The molecular weight excluding hydrogens is 272 g/mol. The molecule has 1 aliphatic heterocycles. The molecule has 1 aliphatic rings. The molecule has 0 aliphatic carbocycles. The lowest BCUT2D eigenvalue weighted by Gasteiger charge is -2.35. The van der Waals surface area contributed by atoms with Crippen LogP contribution >= 0.6 is 11.6 Å². The quantitative estimate of drug-likeness (QED) is 0.468. The van der Waals surface area contributed by atoms with Gasteiger partial charge < -0.3 is 9.80 Å². The Kier molecular flexibility index (Phi) is 4.16. The Bertz CT molecular complexity index is 471. The van der Waals surface area contributed by atoms with E-state index in [1.165, 1.54) is 12.3 Å². The van der Waals surface area contributed by atoms with Crippen LogP contribution in [0.1, 0.15) is 0 Å². The Morgan fingerprint density at radius 3 is 2.53 bits per heavy atom. The topological polar surface area (TPSA) is 79.6 Å². The van der Waals surface area contributed by atoms with Crippen LogP contribution in [0.2, 0.25) is 0 Å². The first-order chi connectivity index (χ1) is 9.11. The smallest absolute Gasteiger partial charge is 0.287 e. The Labute approximate surface area is 114 Å². The maximum Gasteiger partial charge on any atom is 0.287 e. The molecule has 102 valence electrons. The highest BCUT2D eigenvalue weighted by atomic mass is 35.5. The van der Waals surface area contributed by atoms with E-state index in [2.05, 4.69) is 4.98 Å². The molecule has 1 fully saturated rings. The first-order valence-corrected chi connectivity index (χ1v) is 6.34. The number of aromatic nitrogens is 1. The number of pyridine rings is 1. The molecule has 2 heterocycles. The number of carbonyl (C=O) groups excluding carboxylic acids is 1. The molecule has 0 unspecified atom stereocenters. The van der Waals surface area contributed by atoms with Gasteiger partial charge in [0.15, 0.2) is 0 Å². The second kappa shape index (κ2) is 5.83. The summed E-state index contributed by atoms with van der Waals surface area (Å²) in [6, 6.07) is 3.05. The fourth-order valence-electron chi connectivity index (χ4n) is 1.94. The van der Waals surface area contributed by atoms with E-state index in [0.29, 0.717) is 32.0 Å². The molecule has 0 aromatic carbocycles. The Hall–Kier alpha value is -1.89. The highest BCUT2D eigenvalue weighted by molar-refractivity contribution is 6.27. The van der Waals surface area contributed by atoms with Crippen LogP contribution in [0.3, 0.4) is 0 Å². The van der Waals surface area contributed by atoms with Crippen molar-refractivity contribution in [1.29, 1.82) is 0 Å². The zero-order chi connectivity index (χ0) is 13.8. The third-order valence-electron chi connectivity index (χ3n) is 3.01. The van der Waals surface area contributed by atoms with E-state index in [0.717, 1.165) is 0 Å². The van der Waals surface area contributed by atoms with Crippen LogP contribution < -0.4 is 4.90 Å². The second-order valence-corrected chi connectivity index (χ2v) is 4.40. The molecule has 0 N–H and O–H groups in total. The lowest BCUT2D eigenvalue weighted by molar-refractivity contribution is -0.385. The Balaban J connectivity index is 1.97. The molecule has 8 heteroatoms. The third-order valence-corrected chi connectivity index (χ3v) is 3.24. The predicted octanol–water partition coefficient (Wildman–Crippen LogP) is 0.877. The molecule has 7 nitrogen and oxygen atoms in total. The standard InChI is InChI=1S/C11H13ClN4O3/c12-7-11(17)15-5-3-14(4-6-15)10-2-1-9(8-13-10)16(18)19/h1-2,8H,3-7H2. The van der Waals surface area contributed by atoms with Crippen molar-refractivity contribution in [2.45, 2.75) is 0 Å². The summed E-state index contributed by atoms with van der Waals surface area (Å²) >= 11 is 5.50. The zero-order valence-electron chi connectivity index (χ0n) is 10.2. The van der Waals surface area contributed by atoms with Gasteiger partial charge in [0.25, 0.3) is 5.69 Å². The van der Waals surface area contributed by atoms with Crippen LogP contribution in [0.5, 0.6) is 0 Å². The number of piperazine rings is 1. The molecule has 1 saturated heterocycles. The van der Waals surface area contributed by atoms with E-state index < -0.39 is 4.92 Å². The number of alkyl halides is 1. The predicted molar refractivity (Wildman–Crippen MR) is 70.4 cm³/mol. The average Bonchev–Trinajstić information content (AvgIpc) is 2.46. The zero-order valence-corrected chi connectivity index (χ0v) is 10.9. The van der Waals surface area contributed by atoms with Crippen LogP contribution in [-0.4, -0.2) is 52.8 Å². The maximum absolute atomic E-state index is 11.4. The van der Waals surface area contributed by atoms with Gasteiger partial charge in [-0.3, -0.25) is 14.9 Å². The van der Waals surface area contributed by atoms with Crippen molar-refractivity contribution in [1.82, 2.24) is 9.88 Å². The van der Waals surface area contributed by atoms with Crippen molar-refractivity contribution in [2.24, 2.45) is 0 Å². The molecule has 1 aromatic rings. The van der Waals surface area contributed by atoms with Gasteiger partial charge in [-0.25, -0.2) is 4.98 Å². The first kappa shape index (κ1) is 13.5. The molecular formula is C11H13ClN4O3. The SMILES string of the molecule is O=C(CCl)N1CCN(c2ccc([N+](=O)[O-])cn2)CC1. The third kappa shape index (κ3) is 3.11. The van der Waals surface area contributed by atoms with Crippen LogP contribution in [-0.2, 0) is 4.79 Å². The van der Waals surface area contributed by atoms with E-state index in [-0.39, 0.29) is 17.5 Å². The highest BCUT2D eigenvalue weighted by Gasteiger charge is 2.21.